The average Bonchev–Trinajstić information content (AvgIpc) is 3.28. The number of pyridine rings is 1. The predicted octanol–water partition coefficient (Wildman–Crippen LogP) is 1.01. The number of hydrogen-bond donors (Lipinski definition) is 3. The maximum atomic E-state index is 13.7. The Morgan fingerprint density at radius 2 is 2.17 bits per heavy atom. The first-order valence-electron chi connectivity index (χ1n) is 9.65. The molecule has 9 nitrogen and oxygen atoms in total. The van der Waals surface area contributed by atoms with E-state index in [9.17, 15) is 22.3 Å². The number of nitrogen functional groups attached to an aromatic ring is 1. The van der Waals surface area contributed by atoms with Gasteiger partial charge in [-0.25, -0.2) is 13.1 Å². The molecule has 3 atom stereocenters. The average molecular weight is 442 g/mol. The zero-order valence-electron chi connectivity index (χ0n) is 16.4. The Labute approximate surface area is 172 Å². The highest BCUT2D eigenvalue weighted by molar-refractivity contribution is 7.92. The summed E-state index contributed by atoms with van der Waals surface area (Å²) in [5, 5.41) is 15.9. The van der Waals surface area contributed by atoms with Crippen molar-refractivity contribution in [2.45, 2.75) is 42.7 Å². The summed E-state index contributed by atoms with van der Waals surface area (Å²) in [5.41, 5.74) is 7.75. The molecule has 4 heterocycles. The number of fused-ring (bicyclic) bond motifs is 1. The standard InChI is InChI=1S/C18H24F2N6O3S/c1-10-16(9-26(24-10)18(19)20)30(28,29)17(25-3-2-13(27)8-25)11-4-14-15(22-6-11)5-12(21)7-23-14/h5,7,9,11,13,17-18,22,27H,2-4,6,8,21H2,1H3/t11-,13?,17+/m0/s1. The minimum Gasteiger partial charge on any atom is -0.397 e. The summed E-state index contributed by atoms with van der Waals surface area (Å²) in [7, 11) is -4.06. The van der Waals surface area contributed by atoms with Gasteiger partial charge in [-0.15, -0.1) is 0 Å². The number of aliphatic hydroxyl groups is 1. The Balaban J connectivity index is 1.73. The summed E-state index contributed by atoms with van der Waals surface area (Å²) < 4.78 is 53.9. The lowest BCUT2D eigenvalue weighted by Crippen LogP contribution is -2.49. The monoisotopic (exact) mass is 442 g/mol. The van der Waals surface area contributed by atoms with Crippen molar-refractivity contribution in [3.63, 3.8) is 0 Å². The lowest BCUT2D eigenvalue weighted by Gasteiger charge is -2.36. The normalized spacial score (nSPS) is 23.4. The number of nitrogens with two attached hydrogens (primary N) is 1. The lowest BCUT2D eigenvalue weighted by molar-refractivity contribution is 0.0561. The van der Waals surface area contributed by atoms with Gasteiger partial charge >= 0.3 is 6.55 Å². The molecule has 1 fully saturated rings. The molecule has 2 aromatic rings. The molecule has 0 spiro atoms. The van der Waals surface area contributed by atoms with Gasteiger partial charge in [0.25, 0.3) is 0 Å². The van der Waals surface area contributed by atoms with Crippen LogP contribution in [0.1, 0.15) is 24.4 Å². The summed E-state index contributed by atoms with van der Waals surface area (Å²) in [6, 6.07) is 1.75. The molecule has 0 saturated carbocycles. The maximum Gasteiger partial charge on any atom is 0.333 e. The van der Waals surface area contributed by atoms with Crippen molar-refractivity contribution in [1.82, 2.24) is 19.7 Å². The van der Waals surface area contributed by atoms with E-state index in [0.717, 1.165) is 11.9 Å². The van der Waals surface area contributed by atoms with Crippen LogP contribution in [-0.2, 0) is 16.3 Å². The Bertz CT molecular complexity index is 1040. The van der Waals surface area contributed by atoms with Crippen LogP contribution >= 0.6 is 0 Å². The maximum absolute atomic E-state index is 13.7. The second-order valence-corrected chi connectivity index (χ2v) is 9.83. The number of nitrogens with one attached hydrogen (secondary N) is 1. The van der Waals surface area contributed by atoms with E-state index in [4.69, 9.17) is 5.73 Å². The number of nitrogens with zero attached hydrogens (tertiary/aromatic N) is 4. The Morgan fingerprint density at radius 3 is 2.80 bits per heavy atom. The van der Waals surface area contributed by atoms with Gasteiger partial charge in [0.05, 0.1) is 35.1 Å². The van der Waals surface area contributed by atoms with Crippen molar-refractivity contribution in [2.75, 3.05) is 30.7 Å². The molecule has 0 amide bonds. The van der Waals surface area contributed by atoms with E-state index in [1.165, 1.54) is 13.1 Å². The van der Waals surface area contributed by atoms with Crippen LogP contribution in [0.3, 0.4) is 0 Å². The second-order valence-electron chi connectivity index (χ2n) is 7.82. The van der Waals surface area contributed by atoms with E-state index in [0.29, 0.717) is 42.0 Å². The molecule has 164 valence electrons. The Morgan fingerprint density at radius 1 is 1.40 bits per heavy atom. The second kappa shape index (κ2) is 7.75. The third kappa shape index (κ3) is 3.74. The van der Waals surface area contributed by atoms with Crippen molar-refractivity contribution in [3.8, 4) is 0 Å². The van der Waals surface area contributed by atoms with Crippen molar-refractivity contribution < 1.29 is 22.3 Å². The first-order valence-corrected chi connectivity index (χ1v) is 11.2. The highest BCUT2D eigenvalue weighted by Gasteiger charge is 2.44. The molecule has 30 heavy (non-hydrogen) atoms. The van der Waals surface area contributed by atoms with Gasteiger partial charge in [-0.3, -0.25) is 9.88 Å². The largest absolute Gasteiger partial charge is 0.397 e. The molecular weight excluding hydrogens is 418 g/mol. The van der Waals surface area contributed by atoms with E-state index in [1.54, 1.807) is 11.0 Å². The number of halogens is 2. The van der Waals surface area contributed by atoms with E-state index in [2.05, 4.69) is 15.4 Å². The van der Waals surface area contributed by atoms with Crippen LogP contribution in [0.15, 0.2) is 23.4 Å². The van der Waals surface area contributed by atoms with Gasteiger partial charge in [-0.05, 0) is 25.8 Å². The quantitative estimate of drug-likeness (QED) is 0.626. The number of aryl methyl sites for hydroxylation is 1. The zero-order chi connectivity index (χ0) is 21.6. The SMILES string of the molecule is Cc1nn(C(F)F)cc1S(=O)(=O)[C@H]([C@@H]1CNc2cc(N)cnc2C1)N1CCC(O)C1. The van der Waals surface area contributed by atoms with Gasteiger partial charge in [0.2, 0.25) is 0 Å². The third-order valence-electron chi connectivity index (χ3n) is 5.66. The van der Waals surface area contributed by atoms with Gasteiger partial charge < -0.3 is 16.2 Å². The molecule has 2 aliphatic heterocycles. The van der Waals surface area contributed by atoms with Crippen LogP contribution in [-0.4, -0.2) is 64.3 Å². The summed E-state index contributed by atoms with van der Waals surface area (Å²) in [4.78, 5) is 5.83. The Hall–Kier alpha value is -2.31. The van der Waals surface area contributed by atoms with Crippen LogP contribution in [0.2, 0.25) is 0 Å². The molecule has 2 aliphatic rings. The third-order valence-corrected chi connectivity index (χ3v) is 7.99. The van der Waals surface area contributed by atoms with Crippen molar-refractivity contribution in [3.05, 3.63) is 29.8 Å². The van der Waals surface area contributed by atoms with E-state index in [-0.39, 0.29) is 17.1 Å². The fourth-order valence-corrected chi connectivity index (χ4v) is 6.56. The highest BCUT2D eigenvalue weighted by atomic mass is 32.2. The number of likely N-dealkylation sites (tertiary alicyclic amines) is 1. The Kier molecular flexibility index (Phi) is 5.41. The molecular formula is C18H24F2N6O3S. The van der Waals surface area contributed by atoms with E-state index < -0.39 is 33.8 Å². The topological polar surface area (TPSA) is 126 Å². The number of aromatic nitrogens is 3. The predicted molar refractivity (Wildman–Crippen MR) is 106 cm³/mol. The molecule has 0 aromatic carbocycles. The summed E-state index contributed by atoms with van der Waals surface area (Å²) in [6.07, 6.45) is 2.60. The number of sulfone groups is 1. The van der Waals surface area contributed by atoms with Crippen LogP contribution in [0, 0.1) is 12.8 Å². The van der Waals surface area contributed by atoms with Gasteiger partial charge in [0.15, 0.2) is 9.84 Å². The first kappa shape index (κ1) is 20.9. The summed E-state index contributed by atoms with van der Waals surface area (Å²) in [5.74, 6) is -0.404. The van der Waals surface area contributed by atoms with Crippen LogP contribution in [0.5, 0.6) is 0 Å². The summed E-state index contributed by atoms with van der Waals surface area (Å²) >= 11 is 0. The van der Waals surface area contributed by atoms with Crippen LogP contribution in [0.25, 0.3) is 0 Å². The number of alkyl halides is 2. The van der Waals surface area contributed by atoms with E-state index >= 15 is 0 Å². The fraction of sp³-hybridized carbons (Fsp3) is 0.556. The minimum absolute atomic E-state index is 0.0233. The minimum atomic E-state index is -4.06. The molecule has 0 aliphatic carbocycles. The molecule has 4 N–H and O–H groups in total. The summed E-state index contributed by atoms with van der Waals surface area (Å²) in [6.45, 7) is -0.592. The van der Waals surface area contributed by atoms with Crippen molar-refractivity contribution in [1.29, 1.82) is 0 Å². The van der Waals surface area contributed by atoms with Crippen LogP contribution in [0.4, 0.5) is 20.2 Å². The van der Waals surface area contributed by atoms with Crippen molar-refractivity contribution >= 4 is 21.2 Å². The smallest absolute Gasteiger partial charge is 0.333 e. The molecule has 1 unspecified atom stereocenters. The van der Waals surface area contributed by atoms with Gasteiger partial charge in [0.1, 0.15) is 10.3 Å². The number of rotatable bonds is 5. The molecule has 0 bridgehead atoms. The van der Waals surface area contributed by atoms with E-state index in [1.807, 2.05) is 0 Å². The molecule has 1 saturated heterocycles. The van der Waals surface area contributed by atoms with Crippen LogP contribution < -0.4 is 11.1 Å². The molecule has 12 heteroatoms. The molecule has 2 aromatic heterocycles. The van der Waals surface area contributed by atoms with Crippen molar-refractivity contribution in [2.24, 2.45) is 5.92 Å². The number of hydrogen-bond acceptors (Lipinski definition) is 8. The molecule has 4 rings (SSSR count). The lowest BCUT2D eigenvalue weighted by atomic mass is 9.96. The first-order chi connectivity index (χ1) is 14.2. The zero-order valence-corrected chi connectivity index (χ0v) is 17.2. The fourth-order valence-electron chi connectivity index (χ4n) is 4.31. The number of anilines is 2. The number of β-amino-alcohol motifs (C(OH)–C–C–N with tert-alkyl or cyclic N) is 1. The molecule has 0 radical (unpaired) electrons. The highest BCUT2D eigenvalue weighted by Crippen LogP contribution is 2.35. The van der Waals surface area contributed by atoms with Gasteiger partial charge in [-0.2, -0.15) is 13.9 Å². The van der Waals surface area contributed by atoms with Gasteiger partial charge in [0, 0.05) is 31.7 Å². The number of aliphatic hydroxyl groups excluding tert-OH is 1. The van der Waals surface area contributed by atoms with Gasteiger partial charge in [-0.1, -0.05) is 0 Å².